The predicted octanol–water partition coefficient (Wildman–Crippen LogP) is 6.28. The molecule has 1 amide bonds. The van der Waals surface area contributed by atoms with Crippen LogP contribution in [0.25, 0.3) is 22.3 Å². The maximum absolute atomic E-state index is 14.7. The van der Waals surface area contributed by atoms with Crippen molar-refractivity contribution in [2.24, 2.45) is 0 Å². The van der Waals surface area contributed by atoms with E-state index in [9.17, 15) is 23.1 Å². The number of aromatic nitrogens is 5. The molecule has 0 unspecified atom stereocenters. The van der Waals surface area contributed by atoms with Gasteiger partial charge in [0, 0.05) is 36.8 Å². The van der Waals surface area contributed by atoms with Gasteiger partial charge in [-0.15, -0.1) is 0 Å². The fourth-order valence-corrected chi connectivity index (χ4v) is 4.79. The molecule has 3 heterocycles. The zero-order valence-corrected chi connectivity index (χ0v) is 22.7. The van der Waals surface area contributed by atoms with Crippen molar-refractivity contribution < 1.29 is 27.8 Å². The van der Waals surface area contributed by atoms with Gasteiger partial charge in [0.25, 0.3) is 5.91 Å². The van der Waals surface area contributed by atoms with E-state index in [2.05, 4.69) is 25.1 Å². The summed E-state index contributed by atoms with van der Waals surface area (Å²) < 4.78 is 48.9. The summed E-state index contributed by atoms with van der Waals surface area (Å²) in [4.78, 5) is 21.9. The molecule has 3 aromatic heterocycles. The molecule has 5 aromatic rings. The highest BCUT2D eigenvalue weighted by molar-refractivity contribution is 6.33. The number of carbonyl (C=O) groups excluding carboxylic acids is 1. The van der Waals surface area contributed by atoms with Gasteiger partial charge in [0.05, 0.1) is 28.5 Å². The van der Waals surface area contributed by atoms with Gasteiger partial charge in [0.2, 0.25) is 0 Å². The zero-order chi connectivity index (χ0) is 29.3. The lowest BCUT2D eigenvalue weighted by Crippen LogP contribution is -2.13. The van der Waals surface area contributed by atoms with Crippen LogP contribution in [0.2, 0.25) is 5.15 Å². The van der Waals surface area contributed by atoms with E-state index in [1.54, 1.807) is 21.5 Å². The first-order valence-electron chi connectivity index (χ1n) is 12.6. The summed E-state index contributed by atoms with van der Waals surface area (Å²) in [6, 6.07) is 9.72. The second-order valence-corrected chi connectivity index (χ2v) is 9.32. The molecule has 0 aliphatic carbocycles. The Morgan fingerprint density at radius 2 is 1.93 bits per heavy atom. The molecule has 9 nitrogen and oxygen atoms in total. The van der Waals surface area contributed by atoms with Crippen molar-refractivity contribution >= 4 is 34.4 Å². The van der Waals surface area contributed by atoms with E-state index in [-0.39, 0.29) is 45.2 Å². The number of amides is 1. The molecule has 0 atom stereocenters. The van der Waals surface area contributed by atoms with Crippen LogP contribution in [-0.2, 0) is 19.5 Å². The van der Waals surface area contributed by atoms with Crippen LogP contribution in [-0.4, -0.2) is 41.9 Å². The summed E-state index contributed by atoms with van der Waals surface area (Å²) in [7, 11) is 0. The smallest absolute Gasteiger partial charge is 0.387 e. The van der Waals surface area contributed by atoms with E-state index < -0.39 is 24.1 Å². The minimum absolute atomic E-state index is 0.0296. The number of anilines is 1. The molecule has 41 heavy (non-hydrogen) atoms. The molecule has 2 aromatic carbocycles. The summed E-state index contributed by atoms with van der Waals surface area (Å²) in [5.74, 6) is -1.55. The molecule has 0 aliphatic heterocycles. The summed E-state index contributed by atoms with van der Waals surface area (Å²) in [5, 5.41) is 18.0. The van der Waals surface area contributed by atoms with Crippen molar-refractivity contribution in [2.75, 3.05) is 5.32 Å². The summed E-state index contributed by atoms with van der Waals surface area (Å²) in [6.07, 6.45) is 3.24. The highest BCUT2D eigenvalue weighted by Gasteiger charge is 2.23. The predicted molar refractivity (Wildman–Crippen MR) is 147 cm³/mol. The fourth-order valence-electron chi connectivity index (χ4n) is 4.57. The Morgan fingerprint density at radius 1 is 1.15 bits per heavy atom. The number of pyridine rings is 1. The van der Waals surface area contributed by atoms with Crippen LogP contribution in [0.4, 0.5) is 18.9 Å². The third-order valence-corrected chi connectivity index (χ3v) is 6.77. The number of phenols is 1. The molecular formula is C28H24ClF3N6O3. The van der Waals surface area contributed by atoms with E-state index in [1.165, 1.54) is 36.5 Å². The molecule has 2 N–H and O–H groups in total. The number of ether oxygens (including phenoxy) is 1. The van der Waals surface area contributed by atoms with E-state index in [0.29, 0.717) is 30.1 Å². The van der Waals surface area contributed by atoms with Crippen LogP contribution in [0.15, 0.2) is 54.9 Å². The first-order chi connectivity index (χ1) is 19.7. The number of aryl methyl sites for hydroxylation is 2. The third kappa shape index (κ3) is 5.55. The highest BCUT2D eigenvalue weighted by atomic mass is 35.5. The molecule has 212 valence electrons. The van der Waals surface area contributed by atoms with Crippen LogP contribution >= 0.6 is 11.6 Å². The van der Waals surface area contributed by atoms with Crippen LogP contribution < -0.4 is 10.1 Å². The van der Waals surface area contributed by atoms with Gasteiger partial charge in [-0.1, -0.05) is 35.9 Å². The number of benzene rings is 2. The van der Waals surface area contributed by atoms with E-state index >= 15 is 0 Å². The van der Waals surface area contributed by atoms with Gasteiger partial charge < -0.3 is 19.7 Å². The summed E-state index contributed by atoms with van der Waals surface area (Å²) in [5.41, 5.74) is 1.40. The molecule has 13 heteroatoms. The topological polar surface area (TPSA) is 107 Å². The Morgan fingerprint density at radius 3 is 2.61 bits per heavy atom. The Kier molecular flexibility index (Phi) is 7.84. The first-order valence-corrected chi connectivity index (χ1v) is 13.0. The molecule has 0 spiro atoms. The van der Waals surface area contributed by atoms with E-state index in [0.717, 1.165) is 6.07 Å². The Balaban J connectivity index is 1.53. The third-order valence-electron chi connectivity index (χ3n) is 6.48. The number of fused-ring (bicyclic) bond motifs is 1. The quantitative estimate of drug-likeness (QED) is 0.198. The monoisotopic (exact) mass is 584 g/mol. The van der Waals surface area contributed by atoms with E-state index in [4.69, 9.17) is 11.6 Å². The lowest BCUT2D eigenvalue weighted by molar-refractivity contribution is -0.0495. The van der Waals surface area contributed by atoms with Gasteiger partial charge in [0.1, 0.15) is 28.3 Å². The van der Waals surface area contributed by atoms with Crippen molar-refractivity contribution in [1.29, 1.82) is 0 Å². The summed E-state index contributed by atoms with van der Waals surface area (Å²) in [6.45, 7) is 1.67. The SMILES string of the molecule is CCn1cc(NC(=O)c2cc3c(nc2Cl)nc(Cc2ccc(OC(F)F)c(-c4ccccc4F)c2O)n3CC)cn1. The van der Waals surface area contributed by atoms with Crippen molar-refractivity contribution in [1.82, 2.24) is 24.3 Å². The van der Waals surface area contributed by atoms with Crippen molar-refractivity contribution in [3.8, 4) is 22.6 Å². The van der Waals surface area contributed by atoms with E-state index in [1.807, 2.05) is 13.8 Å². The Hall–Kier alpha value is -4.58. The normalized spacial score (nSPS) is 11.4. The second kappa shape index (κ2) is 11.5. The van der Waals surface area contributed by atoms with Gasteiger partial charge in [-0.25, -0.2) is 14.4 Å². The highest BCUT2D eigenvalue weighted by Crippen LogP contribution is 2.42. The Bertz CT molecular complexity index is 1750. The molecule has 0 bridgehead atoms. The van der Waals surface area contributed by atoms with Crippen LogP contribution in [0, 0.1) is 5.82 Å². The number of carbonyl (C=O) groups is 1. The van der Waals surface area contributed by atoms with Crippen LogP contribution in [0.5, 0.6) is 11.5 Å². The van der Waals surface area contributed by atoms with Gasteiger partial charge in [-0.2, -0.15) is 13.9 Å². The Labute approximate surface area is 237 Å². The van der Waals surface area contributed by atoms with Gasteiger partial charge in [-0.05, 0) is 32.0 Å². The number of alkyl halides is 2. The van der Waals surface area contributed by atoms with Gasteiger partial charge in [-0.3, -0.25) is 9.48 Å². The number of aromatic hydroxyl groups is 1. The minimum atomic E-state index is -3.18. The summed E-state index contributed by atoms with van der Waals surface area (Å²) >= 11 is 6.36. The number of nitrogens with zero attached hydrogens (tertiary/aromatic N) is 5. The van der Waals surface area contributed by atoms with Gasteiger partial charge in [0.15, 0.2) is 5.65 Å². The molecule has 0 saturated heterocycles. The number of nitrogens with one attached hydrogen (secondary N) is 1. The van der Waals surface area contributed by atoms with Crippen molar-refractivity contribution in [3.63, 3.8) is 0 Å². The maximum Gasteiger partial charge on any atom is 0.387 e. The number of phenolic OH excluding ortho intramolecular Hbond substituents is 1. The number of hydrogen-bond acceptors (Lipinski definition) is 6. The zero-order valence-electron chi connectivity index (χ0n) is 21.9. The van der Waals surface area contributed by atoms with Crippen molar-refractivity contribution in [2.45, 2.75) is 40.0 Å². The maximum atomic E-state index is 14.7. The average molecular weight is 585 g/mol. The lowest BCUT2D eigenvalue weighted by atomic mass is 9.98. The molecule has 0 fully saturated rings. The van der Waals surface area contributed by atoms with Crippen molar-refractivity contribution in [3.05, 3.63) is 82.8 Å². The fraction of sp³-hybridized carbons (Fsp3) is 0.214. The number of halogens is 4. The molecular weight excluding hydrogens is 561 g/mol. The standard InChI is InChI=1S/C28H24ClF3N6O3/c1-3-37-14-16(13-33-37)34-27(40)18-12-20-26(36-25(18)29)35-22(38(20)4-2)11-15-9-10-21(41-28(31)32)23(24(15)39)17-7-5-6-8-19(17)30/h5-10,12-14,28,39H,3-4,11H2,1-2H3,(H,34,40). The first kappa shape index (κ1) is 28.0. The molecule has 0 radical (unpaired) electrons. The number of rotatable bonds is 9. The molecule has 5 rings (SSSR count). The second-order valence-electron chi connectivity index (χ2n) is 8.96. The van der Waals surface area contributed by atoms with Gasteiger partial charge >= 0.3 is 6.61 Å². The van der Waals surface area contributed by atoms with Crippen LogP contribution in [0.1, 0.15) is 35.6 Å². The number of imidazole rings is 1. The van der Waals surface area contributed by atoms with Crippen LogP contribution in [0.3, 0.4) is 0 Å². The largest absolute Gasteiger partial charge is 0.507 e. The molecule has 0 aliphatic rings. The lowest BCUT2D eigenvalue weighted by Gasteiger charge is -2.16. The average Bonchev–Trinajstić information content (AvgIpc) is 3.53. The minimum Gasteiger partial charge on any atom is -0.507 e. The molecule has 0 saturated carbocycles. The number of hydrogen-bond donors (Lipinski definition) is 2.